The van der Waals surface area contributed by atoms with Crippen LogP contribution in [-0.2, 0) is 9.59 Å². The van der Waals surface area contributed by atoms with Crippen molar-refractivity contribution in [3.8, 4) is 0 Å². The molecule has 0 radical (unpaired) electrons. The number of aliphatic carboxylic acids is 2. The molecule has 0 aromatic rings. The van der Waals surface area contributed by atoms with Crippen molar-refractivity contribution in [1.82, 2.24) is 0 Å². The highest BCUT2D eigenvalue weighted by Crippen LogP contribution is 2.14. The van der Waals surface area contributed by atoms with Gasteiger partial charge in [0.15, 0.2) is 0 Å². The smallest absolute Gasteiger partial charge is 0.303 e. The fourth-order valence-electron chi connectivity index (χ4n) is 4.58. The number of carbonyl (C=O) groups is 2. The fourth-order valence-corrected chi connectivity index (χ4v) is 4.58. The summed E-state index contributed by atoms with van der Waals surface area (Å²) < 4.78 is 0. The Morgan fingerprint density at radius 1 is 0.243 bits per heavy atom. The van der Waals surface area contributed by atoms with Crippen LogP contribution in [0, 0.1) is 0 Å². The van der Waals surface area contributed by atoms with E-state index in [-0.39, 0.29) is 79.3 Å². The normalized spacial score (nSPS) is 10.3. The molecule has 0 aliphatic carbocycles. The summed E-state index contributed by atoms with van der Waals surface area (Å²) in [5.41, 5.74) is 0. The predicted molar refractivity (Wildman–Crippen MR) is 268 cm³/mol. The molecule has 0 fully saturated rings. The number of aliphatic hydroxyl groups excluding tert-OH is 18. The van der Waals surface area contributed by atoms with Crippen LogP contribution in [0.15, 0.2) is 0 Å². The first-order chi connectivity index (χ1) is 33.4. The zero-order chi connectivity index (χ0) is 55.5. The van der Waals surface area contributed by atoms with Gasteiger partial charge in [0, 0.05) is 12.8 Å². The Kier molecular flexibility index (Phi) is 98.7. The number of carboxylic acid groups (broad SMARTS) is 2. The number of unbranched alkanes of at least 4 members (excludes halogenated alkanes) is 22. The second-order valence-corrected chi connectivity index (χ2v) is 16.2. The molecule has 0 spiro atoms. The molecule has 0 aromatic heterocycles. The fraction of sp³-hybridized carbons (Fsp3) is 0.958. The molecular formula is C48H108O22. The van der Waals surface area contributed by atoms with Crippen LogP contribution in [0.5, 0.6) is 0 Å². The van der Waals surface area contributed by atoms with Gasteiger partial charge in [0.1, 0.15) is 36.6 Å². The maximum absolute atomic E-state index is 10.3. The van der Waals surface area contributed by atoms with E-state index in [1.165, 1.54) is 128 Å². The molecule has 0 saturated heterocycles. The summed E-state index contributed by atoms with van der Waals surface area (Å²) in [7, 11) is 0. The molecule has 0 aliphatic rings. The van der Waals surface area contributed by atoms with Crippen molar-refractivity contribution in [3.05, 3.63) is 0 Å². The monoisotopic (exact) mass is 1040 g/mol. The van der Waals surface area contributed by atoms with E-state index in [1.807, 2.05) is 0 Å². The first kappa shape index (κ1) is 85.0. The quantitative estimate of drug-likeness (QED) is 0.0370. The van der Waals surface area contributed by atoms with E-state index in [9.17, 15) is 9.59 Å². The maximum atomic E-state index is 10.3. The van der Waals surface area contributed by atoms with E-state index in [4.69, 9.17) is 102 Å². The molecule has 0 amide bonds. The summed E-state index contributed by atoms with van der Waals surface area (Å²) in [4.78, 5) is 20.5. The first-order valence-corrected chi connectivity index (χ1v) is 25.2. The Hall–Kier alpha value is -1.78. The minimum absolute atomic E-state index is 0.343. The summed E-state index contributed by atoms with van der Waals surface area (Å²) in [6.45, 7) is 0.123. The van der Waals surface area contributed by atoms with Crippen LogP contribution >= 0.6 is 0 Å². The minimum atomic E-state index is -0.954. The first-order valence-electron chi connectivity index (χ1n) is 25.2. The summed E-state index contributed by atoms with van der Waals surface area (Å²) >= 11 is 0. The van der Waals surface area contributed by atoms with Gasteiger partial charge in [-0.05, 0) is 12.8 Å². The molecule has 70 heavy (non-hydrogen) atoms. The lowest BCUT2D eigenvalue weighted by Gasteiger charge is -2.03. The number of rotatable bonds is 38. The van der Waals surface area contributed by atoms with Gasteiger partial charge in [0.25, 0.3) is 0 Å². The molecule has 0 saturated carbocycles. The van der Waals surface area contributed by atoms with E-state index < -0.39 is 48.6 Å². The van der Waals surface area contributed by atoms with Crippen molar-refractivity contribution < 1.29 is 112 Å². The van der Waals surface area contributed by atoms with Crippen LogP contribution in [-0.4, -0.2) is 230 Å². The van der Waals surface area contributed by atoms with Crippen LogP contribution in [0.4, 0.5) is 0 Å². The van der Waals surface area contributed by atoms with Gasteiger partial charge in [-0.25, -0.2) is 0 Å². The molecule has 0 unspecified atom stereocenters. The maximum Gasteiger partial charge on any atom is 0.303 e. The summed E-state index contributed by atoms with van der Waals surface area (Å²) in [5.74, 6) is -1.31. The zero-order valence-electron chi connectivity index (χ0n) is 43.1. The topological polar surface area (TPSA) is 439 Å². The largest absolute Gasteiger partial charge is 0.481 e. The van der Waals surface area contributed by atoms with Crippen LogP contribution < -0.4 is 0 Å². The molecule has 22 nitrogen and oxygen atoms in total. The third-order valence-electron chi connectivity index (χ3n) is 9.02. The van der Waals surface area contributed by atoms with Gasteiger partial charge >= 0.3 is 11.9 Å². The van der Waals surface area contributed by atoms with Crippen molar-refractivity contribution in [1.29, 1.82) is 0 Å². The second kappa shape index (κ2) is 81.3. The van der Waals surface area contributed by atoms with Crippen LogP contribution in [0.1, 0.15) is 181 Å². The molecular weight excluding hydrogens is 929 g/mol. The Morgan fingerprint density at radius 2 is 0.357 bits per heavy atom. The average molecular weight is 1040 g/mol. The van der Waals surface area contributed by atoms with E-state index >= 15 is 0 Å². The molecule has 0 rings (SSSR count). The van der Waals surface area contributed by atoms with Gasteiger partial charge in [-0.2, -0.15) is 0 Å². The highest BCUT2D eigenvalue weighted by molar-refractivity contribution is 5.66. The van der Waals surface area contributed by atoms with Crippen molar-refractivity contribution in [2.75, 3.05) is 79.3 Å². The second-order valence-electron chi connectivity index (χ2n) is 16.2. The molecule has 0 aromatic carbocycles. The zero-order valence-corrected chi connectivity index (χ0v) is 43.1. The van der Waals surface area contributed by atoms with Gasteiger partial charge in [-0.3, -0.25) is 9.59 Å². The van der Waals surface area contributed by atoms with Gasteiger partial charge < -0.3 is 102 Å². The van der Waals surface area contributed by atoms with Crippen molar-refractivity contribution in [2.45, 2.75) is 217 Å². The lowest BCUT2D eigenvalue weighted by Crippen LogP contribution is -2.15. The number of carboxylic acids is 2. The number of aliphatic hydroxyl groups is 18. The molecule has 0 atom stereocenters. The highest BCUT2D eigenvalue weighted by Gasteiger charge is 2.00. The van der Waals surface area contributed by atoms with Gasteiger partial charge in [-0.1, -0.05) is 155 Å². The number of hydrogen-bond acceptors (Lipinski definition) is 20. The van der Waals surface area contributed by atoms with Crippen LogP contribution in [0.2, 0.25) is 0 Å². The SMILES string of the molecule is CCCCCCCCCCCC(=O)O.CCCCCCCCCCCCCCCCCC(=O)O.OCC(O)CO.OCC(O)CO.OCC(O)CO.OCC(O)CO.OCC(O)CO.OCC(O)CO. The highest BCUT2D eigenvalue weighted by atomic mass is 16.4. The molecule has 432 valence electrons. The van der Waals surface area contributed by atoms with Crippen molar-refractivity contribution in [3.63, 3.8) is 0 Å². The standard InChI is InChI=1S/C18H36O2.C12H24O2.6C3H8O3/c1-2-3-4-5-6-7-8-9-10-11-12-13-14-15-16-17-18(19)20;1-2-3-4-5-6-7-8-9-10-11-12(13)14;6*4-1-3(6)2-5/h2-17H2,1H3,(H,19,20);2-11H2,1H3,(H,13,14);6*3-6H,1-2H2. The van der Waals surface area contributed by atoms with Gasteiger partial charge in [0.2, 0.25) is 0 Å². The summed E-state index contributed by atoms with van der Waals surface area (Å²) in [6, 6.07) is 0. The summed E-state index contributed by atoms with van der Waals surface area (Å²) in [5, 5.41) is 161. The third-order valence-corrected chi connectivity index (χ3v) is 9.02. The van der Waals surface area contributed by atoms with Crippen molar-refractivity contribution in [2.24, 2.45) is 0 Å². The molecule has 0 bridgehead atoms. The van der Waals surface area contributed by atoms with E-state index in [2.05, 4.69) is 13.8 Å². The van der Waals surface area contributed by atoms with Crippen molar-refractivity contribution >= 4 is 11.9 Å². The van der Waals surface area contributed by atoms with E-state index in [1.54, 1.807) is 0 Å². The molecule has 22 heteroatoms. The molecule has 20 N–H and O–H groups in total. The Bertz CT molecular complexity index is 781. The Morgan fingerprint density at radius 3 is 0.443 bits per heavy atom. The lowest BCUT2D eigenvalue weighted by atomic mass is 10.0. The molecule has 0 aliphatic heterocycles. The van der Waals surface area contributed by atoms with Crippen LogP contribution in [0.25, 0.3) is 0 Å². The minimum Gasteiger partial charge on any atom is -0.481 e. The van der Waals surface area contributed by atoms with E-state index in [0.29, 0.717) is 12.8 Å². The summed E-state index contributed by atoms with van der Waals surface area (Å²) in [6.07, 6.45) is 26.0. The predicted octanol–water partition coefficient (Wildman–Crippen LogP) is 0.316. The Balaban J connectivity index is -0.000000112. The third kappa shape index (κ3) is 112. The molecule has 0 heterocycles. The van der Waals surface area contributed by atoms with Gasteiger partial charge in [0.05, 0.1) is 79.3 Å². The lowest BCUT2D eigenvalue weighted by molar-refractivity contribution is -0.138. The average Bonchev–Trinajstić information content (AvgIpc) is 3.38. The van der Waals surface area contributed by atoms with E-state index in [0.717, 1.165) is 25.7 Å². The number of hydrogen-bond donors (Lipinski definition) is 20. The van der Waals surface area contributed by atoms with Gasteiger partial charge in [-0.15, -0.1) is 0 Å². The van der Waals surface area contributed by atoms with Crippen LogP contribution in [0.3, 0.4) is 0 Å². The Labute approximate surface area is 419 Å².